The van der Waals surface area contributed by atoms with Gasteiger partial charge in [-0.2, -0.15) is 5.10 Å². The van der Waals surface area contributed by atoms with Crippen LogP contribution in [0, 0.1) is 5.92 Å². The van der Waals surface area contributed by atoms with E-state index in [-0.39, 0.29) is 5.91 Å². The molecule has 30 heavy (non-hydrogen) atoms. The first-order valence-electron chi connectivity index (χ1n) is 10.6. The Morgan fingerprint density at radius 1 is 1.13 bits per heavy atom. The predicted octanol–water partition coefficient (Wildman–Crippen LogP) is 2.78. The summed E-state index contributed by atoms with van der Waals surface area (Å²) in [6.07, 6.45) is 7.75. The first kappa shape index (κ1) is 22.5. The Labute approximate surface area is 179 Å². The summed E-state index contributed by atoms with van der Waals surface area (Å²) in [7, 11) is -3.09. The van der Waals surface area contributed by atoms with Gasteiger partial charge in [-0.3, -0.25) is 9.48 Å². The van der Waals surface area contributed by atoms with Crippen molar-refractivity contribution in [2.45, 2.75) is 46.2 Å². The topological polar surface area (TPSA) is 75.5 Å². The highest BCUT2D eigenvalue weighted by Crippen LogP contribution is 2.23. The van der Waals surface area contributed by atoms with Crippen LogP contribution in [0.1, 0.15) is 48.2 Å². The zero-order valence-corrected chi connectivity index (χ0v) is 18.9. The van der Waals surface area contributed by atoms with Crippen molar-refractivity contribution >= 4 is 15.9 Å². The highest BCUT2D eigenvalue weighted by molar-refractivity contribution is 7.88. The molecule has 2 heterocycles. The van der Waals surface area contributed by atoms with Crippen LogP contribution in [0.25, 0.3) is 0 Å². The lowest BCUT2D eigenvalue weighted by atomic mass is 9.90. The van der Waals surface area contributed by atoms with E-state index in [0.29, 0.717) is 37.7 Å². The van der Waals surface area contributed by atoms with E-state index in [1.165, 1.54) is 11.8 Å². The first-order valence-corrected chi connectivity index (χ1v) is 12.5. The van der Waals surface area contributed by atoms with Crippen molar-refractivity contribution in [2.24, 2.45) is 5.92 Å². The highest BCUT2D eigenvalue weighted by atomic mass is 32.2. The Balaban J connectivity index is 1.57. The lowest BCUT2D eigenvalue weighted by molar-refractivity contribution is 0.0752. The average Bonchev–Trinajstić information content (AvgIpc) is 3.19. The standard InChI is InChI=1S/C22H32N4O3S/c1-4-24(16-20-15-23-25(5-2)17-20)22(27)21-8-6-18(7-9-21)14-19-10-12-26(13-11-19)30(3,28)29/h6-9,15,17,19H,4-5,10-14,16H2,1-3H3. The van der Waals surface area contributed by atoms with Gasteiger partial charge in [-0.15, -0.1) is 0 Å². The number of sulfonamides is 1. The van der Waals surface area contributed by atoms with Crippen LogP contribution in [-0.4, -0.2) is 59.2 Å². The number of aryl methyl sites for hydroxylation is 1. The molecule has 0 aliphatic carbocycles. The zero-order valence-electron chi connectivity index (χ0n) is 18.1. The minimum atomic E-state index is -3.09. The molecule has 0 spiro atoms. The Hall–Kier alpha value is -2.19. The number of aromatic nitrogens is 2. The van der Waals surface area contributed by atoms with E-state index < -0.39 is 10.0 Å². The molecular formula is C22H32N4O3S. The van der Waals surface area contributed by atoms with Crippen molar-refractivity contribution in [3.05, 3.63) is 53.3 Å². The molecule has 1 aliphatic heterocycles. The van der Waals surface area contributed by atoms with Gasteiger partial charge in [0.1, 0.15) is 0 Å². The van der Waals surface area contributed by atoms with Crippen LogP contribution in [0.5, 0.6) is 0 Å². The Morgan fingerprint density at radius 3 is 2.33 bits per heavy atom. The van der Waals surface area contributed by atoms with Gasteiger partial charge >= 0.3 is 0 Å². The summed E-state index contributed by atoms with van der Waals surface area (Å²) in [5.74, 6) is 0.501. The third kappa shape index (κ3) is 5.70. The Morgan fingerprint density at radius 2 is 1.80 bits per heavy atom. The van der Waals surface area contributed by atoms with Crippen LogP contribution in [0.4, 0.5) is 0 Å². The number of rotatable bonds is 8. The molecule has 1 fully saturated rings. The SMILES string of the molecule is CCN(Cc1cnn(CC)c1)C(=O)c1ccc(CC2CCN(S(C)(=O)=O)CC2)cc1. The monoisotopic (exact) mass is 432 g/mol. The molecular weight excluding hydrogens is 400 g/mol. The number of hydrogen-bond donors (Lipinski definition) is 0. The van der Waals surface area contributed by atoms with Gasteiger partial charge in [-0.25, -0.2) is 12.7 Å². The third-order valence-electron chi connectivity index (χ3n) is 5.82. The van der Waals surface area contributed by atoms with E-state index in [1.54, 1.807) is 4.31 Å². The van der Waals surface area contributed by atoms with Crippen LogP contribution < -0.4 is 0 Å². The fourth-order valence-corrected chi connectivity index (χ4v) is 4.83. The number of amides is 1. The lowest BCUT2D eigenvalue weighted by Gasteiger charge is -2.30. The molecule has 7 nitrogen and oxygen atoms in total. The quantitative estimate of drug-likeness (QED) is 0.643. The van der Waals surface area contributed by atoms with E-state index >= 15 is 0 Å². The second-order valence-electron chi connectivity index (χ2n) is 8.03. The predicted molar refractivity (Wildman–Crippen MR) is 118 cm³/mol. The molecule has 0 radical (unpaired) electrons. The average molecular weight is 433 g/mol. The van der Waals surface area contributed by atoms with Gasteiger partial charge in [0, 0.05) is 50.0 Å². The van der Waals surface area contributed by atoms with E-state index in [2.05, 4.69) is 5.10 Å². The summed E-state index contributed by atoms with van der Waals surface area (Å²) in [5.41, 5.74) is 2.91. The fourth-order valence-electron chi connectivity index (χ4n) is 3.95. The van der Waals surface area contributed by atoms with E-state index in [1.807, 2.05) is 60.1 Å². The summed E-state index contributed by atoms with van der Waals surface area (Å²) in [6.45, 7) is 7.22. The summed E-state index contributed by atoms with van der Waals surface area (Å²) < 4.78 is 26.7. The van der Waals surface area contributed by atoms with Crippen molar-refractivity contribution in [1.29, 1.82) is 0 Å². The number of benzene rings is 1. The lowest BCUT2D eigenvalue weighted by Crippen LogP contribution is -2.38. The summed E-state index contributed by atoms with van der Waals surface area (Å²) >= 11 is 0. The molecule has 8 heteroatoms. The molecule has 0 unspecified atom stereocenters. The Kier molecular flexibility index (Phi) is 7.31. The summed E-state index contributed by atoms with van der Waals surface area (Å²) in [5, 5.41) is 4.28. The van der Waals surface area contributed by atoms with Crippen LogP contribution in [0.2, 0.25) is 0 Å². The molecule has 1 aliphatic rings. The van der Waals surface area contributed by atoms with E-state index in [0.717, 1.165) is 31.4 Å². The fraction of sp³-hybridized carbons (Fsp3) is 0.545. The number of nitrogens with zero attached hydrogens (tertiary/aromatic N) is 4. The normalized spacial score (nSPS) is 16.0. The molecule has 1 saturated heterocycles. The molecule has 2 aromatic rings. The number of carbonyl (C=O) groups is 1. The van der Waals surface area contributed by atoms with Gasteiger partial charge in [0.05, 0.1) is 12.5 Å². The summed E-state index contributed by atoms with van der Waals surface area (Å²) in [6, 6.07) is 7.86. The van der Waals surface area contributed by atoms with Crippen LogP contribution in [0.3, 0.4) is 0 Å². The molecule has 0 N–H and O–H groups in total. The maximum Gasteiger partial charge on any atom is 0.254 e. The zero-order chi connectivity index (χ0) is 21.7. The van der Waals surface area contributed by atoms with Gasteiger partial charge in [-0.05, 0) is 56.7 Å². The molecule has 1 aromatic heterocycles. The number of piperidine rings is 1. The van der Waals surface area contributed by atoms with Gasteiger partial charge in [0.2, 0.25) is 10.0 Å². The van der Waals surface area contributed by atoms with Crippen molar-refractivity contribution in [3.63, 3.8) is 0 Å². The van der Waals surface area contributed by atoms with E-state index in [4.69, 9.17) is 0 Å². The molecule has 0 atom stereocenters. The van der Waals surface area contributed by atoms with Gasteiger partial charge in [-0.1, -0.05) is 12.1 Å². The maximum atomic E-state index is 12.9. The van der Waals surface area contributed by atoms with Crippen LogP contribution in [0.15, 0.2) is 36.7 Å². The van der Waals surface area contributed by atoms with Crippen molar-refractivity contribution in [3.8, 4) is 0 Å². The van der Waals surface area contributed by atoms with Crippen molar-refractivity contribution < 1.29 is 13.2 Å². The molecule has 1 amide bonds. The van der Waals surface area contributed by atoms with Crippen LogP contribution in [-0.2, 0) is 29.5 Å². The molecule has 0 saturated carbocycles. The van der Waals surface area contributed by atoms with Gasteiger partial charge in [0.15, 0.2) is 0 Å². The third-order valence-corrected chi connectivity index (χ3v) is 7.12. The van der Waals surface area contributed by atoms with Crippen molar-refractivity contribution in [2.75, 3.05) is 25.9 Å². The minimum Gasteiger partial charge on any atom is -0.334 e. The highest BCUT2D eigenvalue weighted by Gasteiger charge is 2.25. The maximum absolute atomic E-state index is 12.9. The van der Waals surface area contributed by atoms with Gasteiger partial charge < -0.3 is 4.90 Å². The summed E-state index contributed by atoms with van der Waals surface area (Å²) in [4.78, 5) is 14.8. The smallest absolute Gasteiger partial charge is 0.254 e. The Bertz CT molecular complexity index is 945. The van der Waals surface area contributed by atoms with E-state index in [9.17, 15) is 13.2 Å². The second kappa shape index (κ2) is 9.75. The molecule has 0 bridgehead atoms. The second-order valence-corrected chi connectivity index (χ2v) is 10.0. The first-order chi connectivity index (χ1) is 14.3. The largest absolute Gasteiger partial charge is 0.334 e. The molecule has 164 valence electrons. The van der Waals surface area contributed by atoms with Crippen molar-refractivity contribution in [1.82, 2.24) is 19.0 Å². The number of hydrogen-bond acceptors (Lipinski definition) is 4. The van der Waals surface area contributed by atoms with Crippen LogP contribution >= 0.6 is 0 Å². The van der Waals surface area contributed by atoms with Gasteiger partial charge in [0.25, 0.3) is 5.91 Å². The number of carbonyl (C=O) groups excluding carboxylic acids is 1. The minimum absolute atomic E-state index is 0.0229. The molecule has 3 rings (SSSR count). The molecule has 1 aromatic carbocycles.